The molecule has 1 amide bonds. The first-order valence-electron chi connectivity index (χ1n) is 5.71. The SMILES string of the molecule is O=C(Cc1cccs1)Nc1n[nH]c2c1CCC2. The Labute approximate surface area is 103 Å². The van der Waals surface area contributed by atoms with Gasteiger partial charge in [-0.3, -0.25) is 9.89 Å². The van der Waals surface area contributed by atoms with Crippen molar-refractivity contribution in [1.29, 1.82) is 0 Å². The highest BCUT2D eigenvalue weighted by atomic mass is 32.1. The number of amides is 1. The van der Waals surface area contributed by atoms with Gasteiger partial charge in [-0.2, -0.15) is 5.10 Å². The van der Waals surface area contributed by atoms with E-state index in [0.717, 1.165) is 30.0 Å². The molecular weight excluding hydrogens is 234 g/mol. The van der Waals surface area contributed by atoms with E-state index in [2.05, 4.69) is 15.5 Å². The number of aryl methyl sites for hydroxylation is 1. The summed E-state index contributed by atoms with van der Waals surface area (Å²) >= 11 is 1.60. The summed E-state index contributed by atoms with van der Waals surface area (Å²) < 4.78 is 0. The summed E-state index contributed by atoms with van der Waals surface area (Å²) in [5.41, 5.74) is 2.36. The van der Waals surface area contributed by atoms with Gasteiger partial charge in [0.2, 0.25) is 5.91 Å². The van der Waals surface area contributed by atoms with Gasteiger partial charge in [0, 0.05) is 16.1 Å². The first kappa shape index (κ1) is 10.5. The molecule has 5 heteroatoms. The number of nitrogens with one attached hydrogen (secondary N) is 2. The molecule has 0 fully saturated rings. The predicted octanol–water partition coefficient (Wildman–Crippen LogP) is 2.14. The minimum atomic E-state index is 0.00801. The van der Waals surface area contributed by atoms with Crippen LogP contribution in [0.25, 0.3) is 0 Å². The minimum absolute atomic E-state index is 0.00801. The maximum Gasteiger partial charge on any atom is 0.230 e. The molecule has 0 radical (unpaired) electrons. The number of carbonyl (C=O) groups is 1. The van der Waals surface area contributed by atoms with Crippen LogP contribution >= 0.6 is 11.3 Å². The Bertz CT molecular complexity index is 530. The second-order valence-corrected chi connectivity index (χ2v) is 5.22. The first-order valence-corrected chi connectivity index (χ1v) is 6.59. The van der Waals surface area contributed by atoms with Crippen molar-refractivity contribution in [3.63, 3.8) is 0 Å². The molecule has 0 bridgehead atoms. The number of H-pyrrole nitrogens is 1. The van der Waals surface area contributed by atoms with Crippen LogP contribution in [0.5, 0.6) is 0 Å². The van der Waals surface area contributed by atoms with E-state index >= 15 is 0 Å². The van der Waals surface area contributed by atoms with Crippen molar-refractivity contribution in [2.24, 2.45) is 0 Å². The lowest BCUT2D eigenvalue weighted by Gasteiger charge is -2.02. The molecule has 0 aromatic carbocycles. The van der Waals surface area contributed by atoms with Crippen LogP contribution in [0.1, 0.15) is 22.6 Å². The van der Waals surface area contributed by atoms with Gasteiger partial charge in [-0.1, -0.05) is 6.07 Å². The average molecular weight is 247 g/mol. The summed E-state index contributed by atoms with van der Waals surface area (Å²) in [5, 5.41) is 12.0. The Morgan fingerprint density at radius 3 is 3.29 bits per heavy atom. The van der Waals surface area contributed by atoms with Gasteiger partial charge in [-0.15, -0.1) is 11.3 Å². The monoisotopic (exact) mass is 247 g/mol. The first-order chi connectivity index (χ1) is 8.33. The molecule has 4 nitrogen and oxygen atoms in total. The highest BCUT2D eigenvalue weighted by Crippen LogP contribution is 2.26. The summed E-state index contributed by atoms with van der Waals surface area (Å²) in [5.74, 6) is 0.729. The second-order valence-electron chi connectivity index (χ2n) is 4.19. The van der Waals surface area contributed by atoms with Crippen LogP contribution in [0.15, 0.2) is 17.5 Å². The Morgan fingerprint density at radius 1 is 1.53 bits per heavy atom. The molecule has 0 saturated heterocycles. The van der Waals surface area contributed by atoms with E-state index in [0.29, 0.717) is 6.42 Å². The van der Waals surface area contributed by atoms with Crippen LogP contribution < -0.4 is 5.32 Å². The summed E-state index contributed by atoms with van der Waals surface area (Å²) in [6.07, 6.45) is 3.64. The van der Waals surface area contributed by atoms with E-state index in [1.54, 1.807) is 11.3 Å². The van der Waals surface area contributed by atoms with E-state index in [-0.39, 0.29) is 5.91 Å². The summed E-state index contributed by atoms with van der Waals surface area (Å²) in [7, 11) is 0. The van der Waals surface area contributed by atoms with Crippen molar-refractivity contribution in [2.45, 2.75) is 25.7 Å². The van der Waals surface area contributed by atoms with E-state index in [9.17, 15) is 4.79 Å². The van der Waals surface area contributed by atoms with Gasteiger partial charge in [0.05, 0.1) is 6.42 Å². The van der Waals surface area contributed by atoms with E-state index in [1.165, 1.54) is 11.3 Å². The fourth-order valence-electron chi connectivity index (χ4n) is 2.17. The number of rotatable bonds is 3. The normalized spacial score (nSPS) is 13.6. The Morgan fingerprint density at radius 2 is 2.47 bits per heavy atom. The third-order valence-corrected chi connectivity index (χ3v) is 3.86. The maximum absolute atomic E-state index is 11.8. The Hall–Kier alpha value is -1.62. The predicted molar refractivity (Wildman–Crippen MR) is 67.3 cm³/mol. The smallest absolute Gasteiger partial charge is 0.230 e. The molecule has 0 saturated carbocycles. The lowest BCUT2D eigenvalue weighted by atomic mass is 10.2. The standard InChI is InChI=1S/C12H13N3OS/c16-11(7-8-3-2-6-17-8)13-12-9-4-1-5-10(9)14-15-12/h2-3,6H,1,4-5,7H2,(H2,13,14,15,16). The van der Waals surface area contributed by atoms with Crippen molar-refractivity contribution in [3.05, 3.63) is 33.6 Å². The number of thiophene rings is 1. The van der Waals surface area contributed by atoms with Crippen molar-refractivity contribution in [3.8, 4) is 0 Å². The molecule has 0 unspecified atom stereocenters. The van der Waals surface area contributed by atoms with Crippen molar-refractivity contribution < 1.29 is 4.79 Å². The van der Waals surface area contributed by atoms with Crippen LogP contribution in [0, 0.1) is 0 Å². The fourth-order valence-corrected chi connectivity index (χ4v) is 2.87. The summed E-state index contributed by atoms with van der Waals surface area (Å²) in [4.78, 5) is 12.9. The van der Waals surface area contributed by atoms with Gasteiger partial charge in [-0.25, -0.2) is 0 Å². The van der Waals surface area contributed by atoms with E-state index < -0.39 is 0 Å². The van der Waals surface area contributed by atoms with E-state index in [1.807, 2.05) is 17.5 Å². The Kier molecular flexibility index (Phi) is 2.68. The van der Waals surface area contributed by atoms with Gasteiger partial charge in [0.15, 0.2) is 5.82 Å². The molecule has 2 N–H and O–H groups in total. The van der Waals surface area contributed by atoms with Crippen LogP contribution in [-0.2, 0) is 24.1 Å². The van der Waals surface area contributed by atoms with Gasteiger partial charge >= 0.3 is 0 Å². The number of hydrogen-bond donors (Lipinski definition) is 2. The van der Waals surface area contributed by atoms with E-state index in [4.69, 9.17) is 0 Å². The van der Waals surface area contributed by atoms with Gasteiger partial charge in [0.25, 0.3) is 0 Å². The molecule has 0 aliphatic heterocycles. The molecule has 0 atom stereocenters. The van der Waals surface area contributed by atoms with Gasteiger partial charge in [0.1, 0.15) is 0 Å². The van der Waals surface area contributed by atoms with Crippen molar-refractivity contribution in [1.82, 2.24) is 10.2 Å². The molecule has 1 aliphatic rings. The van der Waals surface area contributed by atoms with Crippen LogP contribution in [0.4, 0.5) is 5.82 Å². The quantitative estimate of drug-likeness (QED) is 0.873. The second kappa shape index (κ2) is 4.33. The lowest BCUT2D eigenvalue weighted by Crippen LogP contribution is -2.15. The van der Waals surface area contributed by atoms with Gasteiger partial charge in [-0.05, 0) is 30.7 Å². The zero-order chi connectivity index (χ0) is 11.7. The van der Waals surface area contributed by atoms with Gasteiger partial charge < -0.3 is 5.32 Å². The van der Waals surface area contributed by atoms with Crippen molar-refractivity contribution in [2.75, 3.05) is 5.32 Å². The number of nitrogens with zero attached hydrogens (tertiary/aromatic N) is 1. The van der Waals surface area contributed by atoms with Crippen LogP contribution in [0.2, 0.25) is 0 Å². The lowest BCUT2D eigenvalue weighted by molar-refractivity contribution is -0.115. The molecule has 2 aromatic rings. The number of carbonyl (C=O) groups excluding carboxylic acids is 1. The summed E-state index contributed by atoms with van der Waals surface area (Å²) in [6.45, 7) is 0. The number of aromatic nitrogens is 2. The molecule has 2 heterocycles. The zero-order valence-electron chi connectivity index (χ0n) is 9.32. The third-order valence-electron chi connectivity index (χ3n) is 2.98. The molecule has 1 aliphatic carbocycles. The number of aromatic amines is 1. The summed E-state index contributed by atoms with van der Waals surface area (Å²) in [6, 6.07) is 3.93. The Balaban J connectivity index is 1.68. The molecule has 0 spiro atoms. The zero-order valence-corrected chi connectivity index (χ0v) is 10.1. The number of anilines is 1. The average Bonchev–Trinajstić information content (AvgIpc) is 2.97. The highest BCUT2D eigenvalue weighted by molar-refractivity contribution is 7.10. The van der Waals surface area contributed by atoms with Crippen LogP contribution in [-0.4, -0.2) is 16.1 Å². The molecule has 88 valence electrons. The topological polar surface area (TPSA) is 57.8 Å². The highest BCUT2D eigenvalue weighted by Gasteiger charge is 2.19. The number of fused-ring (bicyclic) bond motifs is 1. The maximum atomic E-state index is 11.8. The molecule has 3 rings (SSSR count). The molecule has 2 aromatic heterocycles. The minimum Gasteiger partial charge on any atom is -0.309 e. The number of hydrogen-bond acceptors (Lipinski definition) is 3. The molecular formula is C12H13N3OS. The third kappa shape index (κ3) is 2.10. The molecule has 17 heavy (non-hydrogen) atoms. The fraction of sp³-hybridized carbons (Fsp3) is 0.333. The van der Waals surface area contributed by atoms with Crippen LogP contribution in [0.3, 0.4) is 0 Å². The largest absolute Gasteiger partial charge is 0.309 e. The van der Waals surface area contributed by atoms with Crippen molar-refractivity contribution >= 4 is 23.1 Å².